The van der Waals surface area contributed by atoms with Crippen LogP contribution in [-0.4, -0.2) is 74.9 Å². The number of methoxy groups -OCH3 is 1. The van der Waals surface area contributed by atoms with Gasteiger partial charge in [0, 0.05) is 37.8 Å². The van der Waals surface area contributed by atoms with Gasteiger partial charge in [-0.15, -0.1) is 0 Å². The number of unbranched alkanes of at least 4 members (excludes halogenated alkanes) is 2. The Labute approximate surface area is 237 Å². The number of rotatable bonds is 16. The third kappa shape index (κ3) is 7.78. The first kappa shape index (κ1) is 31.0. The number of ether oxygens (including phenoxy) is 1. The van der Waals surface area contributed by atoms with Crippen LogP contribution in [0.2, 0.25) is 0 Å². The summed E-state index contributed by atoms with van der Waals surface area (Å²) in [6, 6.07) is 12.0. The van der Waals surface area contributed by atoms with Crippen molar-refractivity contribution in [3.8, 4) is 5.75 Å². The summed E-state index contributed by atoms with van der Waals surface area (Å²) in [5.41, 5.74) is 1.20. The second kappa shape index (κ2) is 14.7. The highest BCUT2D eigenvalue weighted by Crippen LogP contribution is 2.32. The smallest absolute Gasteiger partial charge is 0.260 e. The van der Waals surface area contributed by atoms with Gasteiger partial charge in [0.15, 0.2) is 5.13 Å². The van der Waals surface area contributed by atoms with Crippen molar-refractivity contribution in [2.24, 2.45) is 0 Å². The zero-order valence-electron chi connectivity index (χ0n) is 23.9. The summed E-state index contributed by atoms with van der Waals surface area (Å²) in [5.74, 6) is 0.509. The van der Waals surface area contributed by atoms with E-state index in [0.717, 1.165) is 49.0 Å². The van der Waals surface area contributed by atoms with Crippen molar-refractivity contribution in [3.05, 3.63) is 48.0 Å². The Morgan fingerprint density at radius 1 is 0.897 bits per heavy atom. The first-order chi connectivity index (χ1) is 18.8. The Balaban J connectivity index is 1.91. The summed E-state index contributed by atoms with van der Waals surface area (Å²) in [6.45, 7) is 12.3. The number of carbonyl (C=O) groups is 1. The number of aromatic nitrogens is 1. The Morgan fingerprint density at radius 2 is 1.54 bits per heavy atom. The average Bonchev–Trinajstić information content (AvgIpc) is 3.38. The topological polar surface area (TPSA) is 83.1 Å². The molecule has 0 saturated heterocycles. The number of nitrogens with zero attached hydrogens (tertiary/aromatic N) is 4. The van der Waals surface area contributed by atoms with E-state index in [0.29, 0.717) is 42.6 Å². The van der Waals surface area contributed by atoms with Crippen LogP contribution in [0.15, 0.2) is 47.4 Å². The van der Waals surface area contributed by atoms with E-state index in [9.17, 15) is 13.2 Å². The number of hydrogen-bond acceptors (Lipinski definition) is 7. The lowest BCUT2D eigenvalue weighted by molar-refractivity contribution is 0.0983. The lowest BCUT2D eigenvalue weighted by Crippen LogP contribution is -2.39. The normalized spacial score (nSPS) is 12.0. The molecule has 3 rings (SSSR count). The Morgan fingerprint density at radius 3 is 2.10 bits per heavy atom. The Kier molecular flexibility index (Phi) is 11.7. The first-order valence-electron chi connectivity index (χ1n) is 13.9. The van der Waals surface area contributed by atoms with Gasteiger partial charge < -0.3 is 9.64 Å². The molecule has 1 heterocycles. The van der Waals surface area contributed by atoms with Crippen LogP contribution in [0.4, 0.5) is 5.13 Å². The van der Waals surface area contributed by atoms with Gasteiger partial charge in [0.25, 0.3) is 5.91 Å². The molecule has 0 saturated carbocycles. The molecule has 3 aromatic rings. The molecule has 214 valence electrons. The summed E-state index contributed by atoms with van der Waals surface area (Å²) in [4.78, 5) is 22.7. The van der Waals surface area contributed by atoms with Crippen molar-refractivity contribution >= 4 is 42.6 Å². The van der Waals surface area contributed by atoms with Gasteiger partial charge in [-0.25, -0.2) is 13.4 Å². The van der Waals surface area contributed by atoms with Gasteiger partial charge in [-0.2, -0.15) is 4.31 Å². The van der Waals surface area contributed by atoms with Crippen LogP contribution < -0.4 is 9.64 Å². The van der Waals surface area contributed by atoms with Gasteiger partial charge in [0.2, 0.25) is 10.0 Å². The highest BCUT2D eigenvalue weighted by molar-refractivity contribution is 7.89. The quantitative estimate of drug-likeness (QED) is 0.212. The second-order valence-electron chi connectivity index (χ2n) is 9.45. The van der Waals surface area contributed by atoms with Crippen LogP contribution in [0.1, 0.15) is 63.7 Å². The maximum atomic E-state index is 13.8. The molecule has 0 bridgehead atoms. The zero-order chi connectivity index (χ0) is 28.4. The van der Waals surface area contributed by atoms with E-state index < -0.39 is 10.0 Å². The number of carbonyl (C=O) groups excluding carboxylic acids is 1. The van der Waals surface area contributed by atoms with Crippen molar-refractivity contribution in [2.75, 3.05) is 51.3 Å². The van der Waals surface area contributed by atoms with Crippen LogP contribution in [0.5, 0.6) is 5.75 Å². The number of likely N-dealkylation sites (N-methyl/N-ethyl adjacent to an activating group) is 1. The number of thiazole rings is 1. The molecule has 2 aromatic carbocycles. The minimum atomic E-state index is -3.63. The molecule has 1 amide bonds. The van der Waals surface area contributed by atoms with Crippen LogP contribution in [0, 0.1) is 0 Å². The zero-order valence-corrected chi connectivity index (χ0v) is 25.5. The van der Waals surface area contributed by atoms with E-state index >= 15 is 0 Å². The van der Waals surface area contributed by atoms with Crippen molar-refractivity contribution in [2.45, 2.75) is 58.3 Å². The standard InChI is InChI=1S/C29H42N4O4S2/c1-6-10-18-32(19-11-7-2)39(35,36)25-15-12-23(13-16-25)28(34)33(21-20-31(8-3)9-4)29-30-26-22-24(37-5)14-17-27(26)38-29/h12-17,22H,6-11,18-21H2,1-5H3. The Bertz CT molecular complexity index is 1300. The van der Waals surface area contributed by atoms with E-state index in [1.54, 1.807) is 40.6 Å². The van der Waals surface area contributed by atoms with Crippen LogP contribution >= 0.6 is 11.3 Å². The molecule has 0 unspecified atom stereocenters. The molecule has 1 aromatic heterocycles. The number of benzene rings is 2. The van der Waals surface area contributed by atoms with E-state index in [4.69, 9.17) is 9.72 Å². The first-order valence-corrected chi connectivity index (χ1v) is 16.1. The molecule has 0 spiro atoms. The molecule has 0 N–H and O–H groups in total. The van der Waals surface area contributed by atoms with Gasteiger partial charge >= 0.3 is 0 Å². The van der Waals surface area contributed by atoms with Crippen molar-refractivity contribution in [3.63, 3.8) is 0 Å². The summed E-state index contributed by atoms with van der Waals surface area (Å²) >= 11 is 1.46. The SMILES string of the molecule is CCCCN(CCCC)S(=O)(=O)c1ccc(C(=O)N(CCN(CC)CC)c2nc3cc(OC)ccc3s2)cc1. The molecule has 10 heteroatoms. The molecule has 8 nitrogen and oxygen atoms in total. The molecule has 0 aliphatic rings. The molecule has 0 atom stereocenters. The van der Waals surface area contributed by atoms with E-state index in [1.165, 1.54) is 11.3 Å². The van der Waals surface area contributed by atoms with Crippen LogP contribution in [0.25, 0.3) is 10.2 Å². The molecular formula is C29H42N4O4S2. The fraction of sp³-hybridized carbons (Fsp3) is 0.517. The molecule has 0 fully saturated rings. The lowest BCUT2D eigenvalue weighted by atomic mass is 10.2. The van der Waals surface area contributed by atoms with Gasteiger partial charge in [-0.3, -0.25) is 9.69 Å². The van der Waals surface area contributed by atoms with Crippen LogP contribution in [-0.2, 0) is 10.0 Å². The third-order valence-electron chi connectivity index (χ3n) is 6.85. The minimum Gasteiger partial charge on any atom is -0.497 e. The lowest BCUT2D eigenvalue weighted by Gasteiger charge is -2.25. The van der Waals surface area contributed by atoms with E-state index in [1.807, 2.05) is 18.2 Å². The summed E-state index contributed by atoms with van der Waals surface area (Å²) in [5, 5.41) is 0.609. The molecule has 0 aliphatic carbocycles. The largest absolute Gasteiger partial charge is 0.497 e. The van der Waals surface area contributed by atoms with Crippen LogP contribution in [0.3, 0.4) is 0 Å². The molecule has 0 aliphatic heterocycles. The third-order valence-corrected chi connectivity index (χ3v) is 9.83. The van der Waals surface area contributed by atoms with Gasteiger partial charge in [0.1, 0.15) is 5.75 Å². The number of fused-ring (bicyclic) bond motifs is 1. The van der Waals surface area contributed by atoms with Gasteiger partial charge in [-0.1, -0.05) is 51.9 Å². The summed E-state index contributed by atoms with van der Waals surface area (Å²) in [7, 11) is -2.02. The molecular weight excluding hydrogens is 532 g/mol. The van der Waals surface area contributed by atoms with Crippen molar-refractivity contribution in [1.82, 2.24) is 14.2 Å². The van der Waals surface area contributed by atoms with Crippen molar-refractivity contribution in [1.29, 1.82) is 0 Å². The minimum absolute atomic E-state index is 0.203. The maximum absolute atomic E-state index is 13.8. The molecule has 39 heavy (non-hydrogen) atoms. The predicted molar refractivity (Wildman–Crippen MR) is 161 cm³/mol. The highest BCUT2D eigenvalue weighted by Gasteiger charge is 2.26. The van der Waals surface area contributed by atoms with E-state index in [-0.39, 0.29) is 10.8 Å². The second-order valence-corrected chi connectivity index (χ2v) is 12.4. The molecule has 0 radical (unpaired) electrons. The summed E-state index contributed by atoms with van der Waals surface area (Å²) < 4.78 is 34.6. The number of amides is 1. The van der Waals surface area contributed by atoms with Gasteiger partial charge in [-0.05, 0) is 62.3 Å². The summed E-state index contributed by atoms with van der Waals surface area (Å²) in [6.07, 6.45) is 3.48. The van der Waals surface area contributed by atoms with Gasteiger partial charge in [0.05, 0.1) is 22.2 Å². The number of hydrogen-bond donors (Lipinski definition) is 0. The monoisotopic (exact) mass is 574 g/mol. The number of sulfonamides is 1. The fourth-order valence-electron chi connectivity index (χ4n) is 4.30. The fourth-order valence-corrected chi connectivity index (χ4v) is 6.79. The Hall–Kier alpha value is -2.53. The average molecular weight is 575 g/mol. The highest BCUT2D eigenvalue weighted by atomic mass is 32.2. The predicted octanol–water partition coefficient (Wildman–Crippen LogP) is 5.88. The van der Waals surface area contributed by atoms with Crippen molar-refractivity contribution < 1.29 is 17.9 Å². The maximum Gasteiger partial charge on any atom is 0.260 e. The number of anilines is 1. The van der Waals surface area contributed by atoms with E-state index in [2.05, 4.69) is 32.6 Å².